The number of thiophene rings is 1. The third-order valence-electron chi connectivity index (χ3n) is 4.64. The van der Waals surface area contributed by atoms with Gasteiger partial charge in [0.15, 0.2) is 12.4 Å². The third kappa shape index (κ3) is 8.85. The second-order valence-corrected chi connectivity index (χ2v) is 8.95. The molecule has 35 heavy (non-hydrogen) atoms. The largest absolute Gasteiger partial charge is 0.481 e. The number of carboxylic acids is 1. The molecular weight excluding hydrogens is 523 g/mol. The molecule has 0 aliphatic carbocycles. The summed E-state index contributed by atoms with van der Waals surface area (Å²) in [6.45, 7) is -0.773. The van der Waals surface area contributed by atoms with Crippen LogP contribution in [-0.2, 0) is 30.3 Å². The van der Waals surface area contributed by atoms with Crippen molar-refractivity contribution in [2.75, 3.05) is 13.7 Å². The standard InChI is InChI=1S/C22H22Cl2N2O8S/c1-33-22(32)26-16(10-12-4-3-9-35-12)20(30)25-15(7-8-18(28)29)17(27)11-34-21(31)19-13(23)5-2-6-14(19)24/h2-6,9,15-16H,7-8,10-11H2,1H3,(H,25,30)(H,26,32)(H,28,29)/t15-,16-/m0/s1. The summed E-state index contributed by atoms with van der Waals surface area (Å²) >= 11 is 13.3. The predicted molar refractivity (Wildman–Crippen MR) is 128 cm³/mol. The van der Waals surface area contributed by atoms with Crippen LogP contribution >= 0.6 is 34.5 Å². The number of benzene rings is 1. The maximum absolute atomic E-state index is 12.9. The Morgan fingerprint density at radius 3 is 2.29 bits per heavy atom. The van der Waals surface area contributed by atoms with Crippen molar-refractivity contribution in [3.8, 4) is 0 Å². The van der Waals surface area contributed by atoms with Crippen LogP contribution in [0.4, 0.5) is 4.79 Å². The zero-order valence-corrected chi connectivity index (χ0v) is 20.7. The molecule has 0 unspecified atom stereocenters. The Labute approximate surface area is 214 Å². The quantitative estimate of drug-likeness (QED) is 0.345. The fraction of sp³-hybridized carbons (Fsp3) is 0.318. The molecule has 2 amide bonds. The molecule has 1 heterocycles. The Hall–Kier alpha value is -3.15. The number of Topliss-reactive ketones (excluding diaryl/α,β-unsaturated/α-hetero) is 1. The molecule has 0 saturated heterocycles. The van der Waals surface area contributed by atoms with Gasteiger partial charge < -0.3 is 25.2 Å². The van der Waals surface area contributed by atoms with Gasteiger partial charge in [0.05, 0.1) is 28.8 Å². The van der Waals surface area contributed by atoms with Gasteiger partial charge in [-0.3, -0.25) is 14.4 Å². The molecule has 188 valence electrons. The zero-order chi connectivity index (χ0) is 26.0. The lowest BCUT2D eigenvalue weighted by Gasteiger charge is -2.22. The summed E-state index contributed by atoms with van der Waals surface area (Å²) in [6.07, 6.45) is -1.46. The van der Waals surface area contributed by atoms with Crippen molar-refractivity contribution >= 4 is 64.3 Å². The highest BCUT2D eigenvalue weighted by Crippen LogP contribution is 2.25. The first-order chi connectivity index (χ1) is 16.6. The van der Waals surface area contributed by atoms with Crippen LogP contribution in [0, 0.1) is 0 Å². The van der Waals surface area contributed by atoms with Gasteiger partial charge in [0.25, 0.3) is 0 Å². The maximum atomic E-state index is 12.9. The highest BCUT2D eigenvalue weighted by molar-refractivity contribution is 7.09. The second kappa shape index (κ2) is 13.7. The smallest absolute Gasteiger partial charge is 0.407 e. The maximum Gasteiger partial charge on any atom is 0.407 e. The number of hydrogen-bond donors (Lipinski definition) is 3. The Kier molecular flexibility index (Phi) is 11.0. The summed E-state index contributed by atoms with van der Waals surface area (Å²) in [6, 6.07) is 5.48. The molecule has 0 radical (unpaired) electrons. The van der Waals surface area contributed by atoms with Crippen molar-refractivity contribution in [2.24, 2.45) is 0 Å². The van der Waals surface area contributed by atoms with Crippen LogP contribution in [0.3, 0.4) is 0 Å². The zero-order valence-electron chi connectivity index (χ0n) is 18.4. The van der Waals surface area contributed by atoms with Crippen molar-refractivity contribution < 1.29 is 38.6 Å². The number of carbonyl (C=O) groups excluding carboxylic acids is 4. The van der Waals surface area contributed by atoms with Crippen molar-refractivity contribution in [1.82, 2.24) is 10.6 Å². The summed E-state index contributed by atoms with van der Waals surface area (Å²) in [7, 11) is 1.13. The van der Waals surface area contributed by atoms with E-state index in [1.807, 2.05) is 0 Å². The minimum Gasteiger partial charge on any atom is -0.481 e. The van der Waals surface area contributed by atoms with Crippen LogP contribution in [0.15, 0.2) is 35.7 Å². The topological polar surface area (TPSA) is 148 Å². The molecule has 0 aliphatic rings. The van der Waals surface area contributed by atoms with E-state index in [1.54, 1.807) is 17.5 Å². The van der Waals surface area contributed by atoms with E-state index < -0.39 is 54.8 Å². The van der Waals surface area contributed by atoms with Gasteiger partial charge in [-0.1, -0.05) is 35.3 Å². The van der Waals surface area contributed by atoms with Crippen LogP contribution in [0.1, 0.15) is 28.1 Å². The average Bonchev–Trinajstić information content (AvgIpc) is 3.32. The van der Waals surface area contributed by atoms with Gasteiger partial charge >= 0.3 is 18.0 Å². The van der Waals surface area contributed by atoms with Crippen LogP contribution in [0.5, 0.6) is 0 Å². The van der Waals surface area contributed by atoms with Gasteiger partial charge in [-0.05, 0) is 30.0 Å². The van der Waals surface area contributed by atoms with Gasteiger partial charge in [-0.25, -0.2) is 9.59 Å². The summed E-state index contributed by atoms with van der Waals surface area (Å²) in [4.78, 5) is 61.6. The number of ketones is 1. The molecule has 0 fully saturated rings. The van der Waals surface area contributed by atoms with Gasteiger partial charge in [-0.15, -0.1) is 11.3 Å². The van der Waals surface area contributed by atoms with Gasteiger partial charge in [-0.2, -0.15) is 0 Å². The van der Waals surface area contributed by atoms with Gasteiger partial charge in [0, 0.05) is 17.7 Å². The Morgan fingerprint density at radius 1 is 1.03 bits per heavy atom. The second-order valence-electron chi connectivity index (χ2n) is 7.10. The molecule has 2 atom stereocenters. The Bertz CT molecular complexity index is 1060. The van der Waals surface area contributed by atoms with Crippen molar-refractivity contribution in [3.63, 3.8) is 0 Å². The number of esters is 1. The molecule has 3 N–H and O–H groups in total. The highest BCUT2D eigenvalue weighted by Gasteiger charge is 2.29. The summed E-state index contributed by atoms with van der Waals surface area (Å²) < 4.78 is 9.56. The number of nitrogens with one attached hydrogen (secondary N) is 2. The SMILES string of the molecule is COC(=O)N[C@@H](Cc1cccs1)C(=O)N[C@@H](CCC(=O)O)C(=O)COC(=O)c1c(Cl)cccc1Cl. The third-order valence-corrected chi connectivity index (χ3v) is 6.17. The highest BCUT2D eigenvalue weighted by atomic mass is 35.5. The lowest BCUT2D eigenvalue weighted by Crippen LogP contribution is -2.53. The van der Waals surface area contributed by atoms with Crippen molar-refractivity contribution in [2.45, 2.75) is 31.3 Å². The first-order valence-corrected chi connectivity index (χ1v) is 11.8. The molecule has 0 saturated carbocycles. The summed E-state index contributed by atoms with van der Waals surface area (Å²) in [5.74, 6) is -3.66. The first-order valence-electron chi connectivity index (χ1n) is 10.1. The molecule has 2 rings (SSSR count). The van der Waals surface area contributed by atoms with E-state index >= 15 is 0 Å². The minimum atomic E-state index is -1.31. The average molecular weight is 545 g/mol. The normalized spacial score (nSPS) is 12.2. The number of halogens is 2. The van der Waals surface area contributed by atoms with E-state index in [9.17, 15) is 24.0 Å². The van der Waals surface area contributed by atoms with Crippen molar-refractivity contribution in [1.29, 1.82) is 0 Å². The number of amides is 2. The van der Waals surface area contributed by atoms with E-state index in [0.29, 0.717) is 0 Å². The number of methoxy groups -OCH3 is 1. The Balaban J connectivity index is 2.12. The monoisotopic (exact) mass is 544 g/mol. The molecule has 0 bridgehead atoms. The summed E-state index contributed by atoms with van der Waals surface area (Å²) in [5, 5.41) is 15.7. The number of alkyl carbamates (subject to hydrolysis) is 1. The number of hydrogen-bond acceptors (Lipinski definition) is 8. The number of rotatable bonds is 12. The van der Waals surface area contributed by atoms with E-state index in [2.05, 4.69) is 15.4 Å². The van der Waals surface area contributed by atoms with Crippen LogP contribution in [-0.4, -0.2) is 60.6 Å². The Morgan fingerprint density at radius 2 is 1.71 bits per heavy atom. The van der Waals surface area contributed by atoms with Crippen LogP contribution < -0.4 is 10.6 Å². The fourth-order valence-electron chi connectivity index (χ4n) is 2.90. The van der Waals surface area contributed by atoms with Gasteiger partial charge in [0.2, 0.25) is 5.91 Å². The molecule has 10 nitrogen and oxygen atoms in total. The van der Waals surface area contributed by atoms with E-state index in [1.165, 1.54) is 29.5 Å². The fourth-order valence-corrected chi connectivity index (χ4v) is 4.20. The number of carbonyl (C=O) groups is 5. The lowest BCUT2D eigenvalue weighted by atomic mass is 10.1. The first kappa shape index (κ1) is 28.1. The van der Waals surface area contributed by atoms with Crippen molar-refractivity contribution in [3.05, 3.63) is 56.2 Å². The van der Waals surface area contributed by atoms with E-state index in [4.69, 9.17) is 33.0 Å². The molecule has 2 aromatic rings. The lowest BCUT2D eigenvalue weighted by molar-refractivity contribution is -0.138. The van der Waals surface area contributed by atoms with Crippen LogP contribution in [0.25, 0.3) is 0 Å². The molecule has 13 heteroatoms. The molecule has 1 aromatic carbocycles. The summed E-state index contributed by atoms with van der Waals surface area (Å²) in [5.41, 5.74) is -0.131. The minimum absolute atomic E-state index is 0.0241. The molecule has 0 aliphatic heterocycles. The van der Waals surface area contributed by atoms with Crippen LogP contribution in [0.2, 0.25) is 10.0 Å². The van der Waals surface area contributed by atoms with E-state index in [-0.39, 0.29) is 28.5 Å². The molecular formula is C22H22Cl2N2O8S. The van der Waals surface area contributed by atoms with E-state index in [0.717, 1.165) is 12.0 Å². The molecule has 0 spiro atoms. The molecule has 1 aromatic heterocycles. The number of carboxylic acid groups (broad SMARTS) is 1. The predicted octanol–water partition coefficient (Wildman–Crippen LogP) is 3.10. The number of ether oxygens (including phenoxy) is 2. The van der Waals surface area contributed by atoms with Gasteiger partial charge in [0.1, 0.15) is 6.04 Å². The number of aliphatic carboxylic acids is 1.